The predicted octanol–water partition coefficient (Wildman–Crippen LogP) is 1.53. The lowest BCUT2D eigenvalue weighted by atomic mass is 10.1. The van der Waals surface area contributed by atoms with Crippen LogP contribution >= 0.6 is 0 Å². The van der Waals surface area contributed by atoms with E-state index < -0.39 is 0 Å². The lowest BCUT2D eigenvalue weighted by molar-refractivity contribution is 0.394. The maximum Gasteiger partial charge on any atom is 0.123 e. The van der Waals surface area contributed by atoms with E-state index in [2.05, 4.69) is 0 Å². The molecule has 0 atom stereocenters. The summed E-state index contributed by atoms with van der Waals surface area (Å²) in [4.78, 5) is 0. The molecule has 0 amide bonds. The molecule has 0 aliphatic rings. The molecule has 4 nitrogen and oxygen atoms in total. The van der Waals surface area contributed by atoms with E-state index in [1.807, 2.05) is 6.07 Å². The first-order chi connectivity index (χ1) is 7.21. The Balaban J connectivity index is 3.19. The summed E-state index contributed by atoms with van der Waals surface area (Å²) < 4.78 is 10.2. The van der Waals surface area contributed by atoms with Crippen molar-refractivity contribution in [3.8, 4) is 17.6 Å². The van der Waals surface area contributed by atoms with Crippen LogP contribution in [0.2, 0.25) is 0 Å². The van der Waals surface area contributed by atoms with Crippen molar-refractivity contribution in [2.24, 2.45) is 5.73 Å². The van der Waals surface area contributed by atoms with E-state index in [4.69, 9.17) is 20.5 Å². The fraction of sp³-hybridized carbons (Fsp3) is 0.182. The highest BCUT2D eigenvalue weighted by atomic mass is 16.5. The molecule has 0 unspecified atom stereocenters. The maximum atomic E-state index is 8.48. The van der Waals surface area contributed by atoms with Crippen LogP contribution in [0.25, 0.3) is 5.70 Å². The van der Waals surface area contributed by atoms with Crippen molar-refractivity contribution >= 4 is 5.70 Å². The summed E-state index contributed by atoms with van der Waals surface area (Å²) >= 11 is 0. The first-order valence-electron chi connectivity index (χ1n) is 4.30. The molecule has 0 heterocycles. The fourth-order valence-electron chi connectivity index (χ4n) is 1.13. The number of rotatable bonds is 3. The molecule has 78 valence electrons. The highest BCUT2D eigenvalue weighted by Gasteiger charge is 2.03. The minimum Gasteiger partial charge on any atom is -0.497 e. The number of nitrogens with zero attached hydrogens (tertiary/aromatic N) is 1. The van der Waals surface area contributed by atoms with Gasteiger partial charge in [-0.3, -0.25) is 0 Å². The van der Waals surface area contributed by atoms with Crippen molar-refractivity contribution in [2.45, 2.75) is 0 Å². The standard InChI is InChI=1S/C11H12N2O2/c1-14-9-5-8(11(13)3-4-12)6-10(7-9)15-2/h3,5-7H,13H2,1-2H3/b11-3-. The van der Waals surface area contributed by atoms with Gasteiger partial charge in [-0.15, -0.1) is 0 Å². The topological polar surface area (TPSA) is 68.3 Å². The average molecular weight is 204 g/mol. The molecule has 15 heavy (non-hydrogen) atoms. The Kier molecular flexibility index (Phi) is 3.58. The summed E-state index contributed by atoms with van der Waals surface area (Å²) in [6, 6.07) is 7.09. The van der Waals surface area contributed by atoms with Crippen molar-refractivity contribution in [3.63, 3.8) is 0 Å². The van der Waals surface area contributed by atoms with Crippen molar-refractivity contribution in [2.75, 3.05) is 14.2 Å². The van der Waals surface area contributed by atoms with Gasteiger partial charge in [-0.2, -0.15) is 5.26 Å². The van der Waals surface area contributed by atoms with Crippen LogP contribution in [0.15, 0.2) is 24.3 Å². The van der Waals surface area contributed by atoms with E-state index in [-0.39, 0.29) is 0 Å². The molecule has 1 aromatic rings. The summed E-state index contributed by atoms with van der Waals surface area (Å²) in [6.45, 7) is 0. The van der Waals surface area contributed by atoms with Gasteiger partial charge in [0.15, 0.2) is 0 Å². The molecule has 4 heteroatoms. The van der Waals surface area contributed by atoms with Crippen molar-refractivity contribution < 1.29 is 9.47 Å². The Morgan fingerprint density at radius 1 is 1.27 bits per heavy atom. The Labute approximate surface area is 88.5 Å². The number of benzene rings is 1. The molecule has 0 bridgehead atoms. The second kappa shape index (κ2) is 4.91. The average Bonchev–Trinajstić information content (AvgIpc) is 2.28. The molecule has 0 aliphatic heterocycles. The van der Waals surface area contributed by atoms with Crippen LogP contribution in [0, 0.1) is 11.3 Å². The monoisotopic (exact) mass is 204 g/mol. The summed E-state index contributed by atoms with van der Waals surface area (Å²) in [6.07, 6.45) is 1.27. The van der Waals surface area contributed by atoms with Crippen LogP contribution in [0.4, 0.5) is 0 Å². The third-order valence-electron chi connectivity index (χ3n) is 1.90. The lowest BCUT2D eigenvalue weighted by Gasteiger charge is -2.07. The van der Waals surface area contributed by atoms with Crippen molar-refractivity contribution in [1.82, 2.24) is 0 Å². The van der Waals surface area contributed by atoms with E-state index in [0.717, 1.165) is 0 Å². The minimum atomic E-state index is 0.384. The van der Waals surface area contributed by atoms with Gasteiger partial charge in [0.05, 0.1) is 20.3 Å². The fourth-order valence-corrected chi connectivity index (χ4v) is 1.13. The zero-order valence-electron chi connectivity index (χ0n) is 8.65. The number of hydrogen-bond acceptors (Lipinski definition) is 4. The van der Waals surface area contributed by atoms with Crippen LogP contribution in [-0.4, -0.2) is 14.2 Å². The highest BCUT2D eigenvalue weighted by Crippen LogP contribution is 2.24. The van der Waals surface area contributed by atoms with Crippen LogP contribution in [0.5, 0.6) is 11.5 Å². The first kappa shape index (κ1) is 10.9. The van der Waals surface area contributed by atoms with Gasteiger partial charge in [-0.1, -0.05) is 0 Å². The maximum absolute atomic E-state index is 8.48. The zero-order valence-corrected chi connectivity index (χ0v) is 8.65. The Morgan fingerprint density at radius 2 is 1.80 bits per heavy atom. The Morgan fingerprint density at radius 3 is 2.20 bits per heavy atom. The van der Waals surface area contributed by atoms with E-state index in [0.29, 0.717) is 22.8 Å². The van der Waals surface area contributed by atoms with Gasteiger partial charge in [-0.05, 0) is 12.1 Å². The molecule has 0 aliphatic carbocycles. The smallest absolute Gasteiger partial charge is 0.123 e. The van der Waals surface area contributed by atoms with Crippen LogP contribution < -0.4 is 15.2 Å². The molecule has 0 saturated carbocycles. The molecule has 0 saturated heterocycles. The second-order valence-electron chi connectivity index (χ2n) is 2.83. The lowest BCUT2D eigenvalue weighted by Crippen LogP contribution is -1.97. The number of nitrogens with two attached hydrogens (primary N) is 1. The molecular formula is C11H12N2O2. The van der Waals surface area contributed by atoms with E-state index in [1.165, 1.54) is 6.08 Å². The number of methoxy groups -OCH3 is 2. The first-order valence-corrected chi connectivity index (χ1v) is 4.30. The van der Waals surface area contributed by atoms with Gasteiger partial charge in [0.25, 0.3) is 0 Å². The van der Waals surface area contributed by atoms with Gasteiger partial charge < -0.3 is 15.2 Å². The summed E-state index contributed by atoms with van der Waals surface area (Å²) in [5.41, 5.74) is 6.77. The van der Waals surface area contributed by atoms with E-state index in [1.54, 1.807) is 32.4 Å². The highest BCUT2D eigenvalue weighted by molar-refractivity contribution is 5.67. The zero-order chi connectivity index (χ0) is 11.3. The van der Waals surface area contributed by atoms with Crippen LogP contribution in [0.3, 0.4) is 0 Å². The number of ether oxygens (including phenoxy) is 2. The van der Waals surface area contributed by atoms with E-state index in [9.17, 15) is 0 Å². The van der Waals surface area contributed by atoms with Gasteiger partial charge in [-0.25, -0.2) is 0 Å². The second-order valence-corrected chi connectivity index (χ2v) is 2.83. The predicted molar refractivity (Wildman–Crippen MR) is 57.3 cm³/mol. The molecule has 0 fully saturated rings. The van der Waals surface area contributed by atoms with Crippen molar-refractivity contribution in [3.05, 3.63) is 29.8 Å². The van der Waals surface area contributed by atoms with Gasteiger partial charge in [0.2, 0.25) is 0 Å². The van der Waals surface area contributed by atoms with Gasteiger partial charge in [0, 0.05) is 23.4 Å². The Hall–Kier alpha value is -2.15. The molecule has 2 N–H and O–H groups in total. The molecule has 1 aromatic carbocycles. The van der Waals surface area contributed by atoms with E-state index >= 15 is 0 Å². The number of hydrogen-bond donors (Lipinski definition) is 1. The Bertz CT molecular complexity index is 397. The molecular weight excluding hydrogens is 192 g/mol. The third-order valence-corrected chi connectivity index (χ3v) is 1.90. The van der Waals surface area contributed by atoms with Crippen LogP contribution in [-0.2, 0) is 0 Å². The summed E-state index contributed by atoms with van der Waals surface area (Å²) in [5.74, 6) is 1.28. The van der Waals surface area contributed by atoms with Crippen molar-refractivity contribution in [1.29, 1.82) is 5.26 Å². The largest absolute Gasteiger partial charge is 0.497 e. The molecule has 0 radical (unpaired) electrons. The van der Waals surface area contributed by atoms with Gasteiger partial charge in [0.1, 0.15) is 11.5 Å². The summed E-state index contributed by atoms with van der Waals surface area (Å²) in [7, 11) is 3.12. The molecule has 0 spiro atoms. The van der Waals surface area contributed by atoms with Crippen LogP contribution in [0.1, 0.15) is 5.56 Å². The SMILES string of the molecule is COc1cc(OC)cc(/C(N)=C/C#N)c1. The normalized spacial score (nSPS) is 10.6. The molecule has 0 aromatic heterocycles. The minimum absolute atomic E-state index is 0.384. The quantitative estimate of drug-likeness (QED) is 0.758. The molecule has 1 rings (SSSR count). The number of nitriles is 1. The van der Waals surface area contributed by atoms with Gasteiger partial charge >= 0.3 is 0 Å². The number of allylic oxidation sites excluding steroid dienone is 1. The summed E-state index contributed by atoms with van der Waals surface area (Å²) in [5, 5.41) is 8.48. The third kappa shape index (κ3) is 2.64.